The zero-order valence-electron chi connectivity index (χ0n) is 11.4. The standard InChI is InChI=1S/C13H22N4O/c1-17(2)8-4-6-14-11-13-9-12(5-7-15-13)10-16-18-3/h5,7,9-10,14H,4,6,8,11H2,1-3H3. The molecule has 0 spiro atoms. The average Bonchev–Trinajstić information content (AvgIpc) is 2.36. The SMILES string of the molecule is CON=Cc1ccnc(CNCCCN(C)C)c1. The van der Waals surface area contributed by atoms with Crippen molar-refractivity contribution in [1.82, 2.24) is 15.2 Å². The molecule has 1 aromatic rings. The van der Waals surface area contributed by atoms with E-state index in [1.54, 1.807) is 12.4 Å². The van der Waals surface area contributed by atoms with E-state index in [4.69, 9.17) is 0 Å². The molecular weight excluding hydrogens is 228 g/mol. The quantitative estimate of drug-likeness (QED) is 0.426. The van der Waals surface area contributed by atoms with Crippen molar-refractivity contribution in [3.8, 4) is 0 Å². The zero-order chi connectivity index (χ0) is 13.2. The fraction of sp³-hybridized carbons (Fsp3) is 0.538. The Kier molecular flexibility index (Phi) is 6.98. The highest BCUT2D eigenvalue weighted by Gasteiger charge is 1.96. The van der Waals surface area contributed by atoms with Gasteiger partial charge in [0.15, 0.2) is 0 Å². The van der Waals surface area contributed by atoms with Gasteiger partial charge < -0.3 is 15.1 Å². The van der Waals surface area contributed by atoms with Gasteiger partial charge in [-0.25, -0.2) is 0 Å². The minimum atomic E-state index is 0.780. The Balaban J connectivity index is 2.31. The van der Waals surface area contributed by atoms with Crippen LogP contribution < -0.4 is 5.32 Å². The number of hydrogen-bond donors (Lipinski definition) is 1. The Bertz CT molecular complexity index is 366. The van der Waals surface area contributed by atoms with Crippen molar-refractivity contribution in [2.24, 2.45) is 5.16 Å². The van der Waals surface area contributed by atoms with Crippen LogP contribution in [0.2, 0.25) is 0 Å². The van der Waals surface area contributed by atoms with Crippen molar-refractivity contribution in [1.29, 1.82) is 0 Å². The second kappa shape index (κ2) is 8.60. The molecule has 0 aliphatic heterocycles. The number of aromatic nitrogens is 1. The van der Waals surface area contributed by atoms with Gasteiger partial charge in [0.25, 0.3) is 0 Å². The van der Waals surface area contributed by atoms with E-state index in [0.29, 0.717) is 0 Å². The van der Waals surface area contributed by atoms with Gasteiger partial charge in [0.1, 0.15) is 7.11 Å². The van der Waals surface area contributed by atoms with Crippen LogP contribution in [-0.2, 0) is 11.4 Å². The summed E-state index contributed by atoms with van der Waals surface area (Å²) in [6, 6.07) is 3.90. The predicted molar refractivity (Wildman–Crippen MR) is 73.7 cm³/mol. The maximum Gasteiger partial charge on any atom is 0.106 e. The summed E-state index contributed by atoms with van der Waals surface area (Å²) in [5.41, 5.74) is 2.01. The van der Waals surface area contributed by atoms with Crippen LogP contribution in [0.1, 0.15) is 17.7 Å². The fourth-order valence-corrected chi connectivity index (χ4v) is 1.52. The van der Waals surface area contributed by atoms with Gasteiger partial charge in [0.2, 0.25) is 0 Å². The van der Waals surface area contributed by atoms with E-state index in [1.165, 1.54) is 7.11 Å². The van der Waals surface area contributed by atoms with Gasteiger partial charge in [-0.2, -0.15) is 0 Å². The van der Waals surface area contributed by atoms with E-state index < -0.39 is 0 Å². The highest BCUT2D eigenvalue weighted by molar-refractivity contribution is 5.78. The molecule has 1 heterocycles. The van der Waals surface area contributed by atoms with Crippen LogP contribution in [-0.4, -0.2) is 50.4 Å². The summed E-state index contributed by atoms with van der Waals surface area (Å²) in [5, 5.41) is 7.11. The maximum absolute atomic E-state index is 4.65. The third-order valence-electron chi connectivity index (χ3n) is 2.41. The molecule has 5 nitrogen and oxygen atoms in total. The number of nitrogens with one attached hydrogen (secondary N) is 1. The first kappa shape index (κ1) is 14.6. The molecule has 18 heavy (non-hydrogen) atoms. The van der Waals surface area contributed by atoms with Crippen molar-refractivity contribution in [3.05, 3.63) is 29.6 Å². The Morgan fingerprint density at radius 1 is 1.50 bits per heavy atom. The number of hydrogen-bond acceptors (Lipinski definition) is 5. The first-order valence-electron chi connectivity index (χ1n) is 6.09. The van der Waals surface area contributed by atoms with E-state index in [1.807, 2.05) is 12.1 Å². The van der Waals surface area contributed by atoms with Crippen molar-refractivity contribution >= 4 is 6.21 Å². The summed E-state index contributed by atoms with van der Waals surface area (Å²) < 4.78 is 0. The van der Waals surface area contributed by atoms with Crippen LogP contribution in [0.3, 0.4) is 0 Å². The zero-order valence-corrected chi connectivity index (χ0v) is 11.4. The molecule has 0 unspecified atom stereocenters. The van der Waals surface area contributed by atoms with Crippen molar-refractivity contribution in [2.45, 2.75) is 13.0 Å². The van der Waals surface area contributed by atoms with Gasteiger partial charge in [0, 0.05) is 12.7 Å². The predicted octanol–water partition coefficient (Wildman–Crippen LogP) is 1.10. The summed E-state index contributed by atoms with van der Waals surface area (Å²) in [6.07, 6.45) is 4.60. The molecular formula is C13H22N4O. The van der Waals surface area contributed by atoms with Crippen LogP contribution in [0, 0.1) is 0 Å². The lowest BCUT2D eigenvalue weighted by atomic mass is 10.2. The van der Waals surface area contributed by atoms with Gasteiger partial charge in [-0.3, -0.25) is 4.98 Å². The van der Waals surface area contributed by atoms with Gasteiger partial charge in [0.05, 0.1) is 11.9 Å². The van der Waals surface area contributed by atoms with E-state index in [0.717, 1.165) is 37.3 Å². The molecule has 0 fully saturated rings. The summed E-state index contributed by atoms with van der Waals surface area (Å²) in [6.45, 7) is 2.87. The second-order valence-corrected chi connectivity index (χ2v) is 4.33. The monoisotopic (exact) mass is 250 g/mol. The van der Waals surface area contributed by atoms with Crippen LogP contribution in [0.15, 0.2) is 23.5 Å². The normalized spacial score (nSPS) is 11.3. The Hall–Kier alpha value is -1.46. The first-order valence-corrected chi connectivity index (χ1v) is 6.09. The average molecular weight is 250 g/mol. The molecule has 0 amide bonds. The molecule has 5 heteroatoms. The lowest BCUT2D eigenvalue weighted by Crippen LogP contribution is -2.21. The van der Waals surface area contributed by atoms with E-state index in [9.17, 15) is 0 Å². The van der Waals surface area contributed by atoms with Gasteiger partial charge in [-0.1, -0.05) is 5.16 Å². The van der Waals surface area contributed by atoms with Crippen molar-refractivity contribution < 1.29 is 4.84 Å². The van der Waals surface area contributed by atoms with Crippen LogP contribution >= 0.6 is 0 Å². The molecule has 0 saturated carbocycles. The van der Waals surface area contributed by atoms with Crippen molar-refractivity contribution in [2.75, 3.05) is 34.3 Å². The Labute approximate surface area is 109 Å². The third kappa shape index (κ3) is 6.32. The minimum Gasteiger partial charge on any atom is -0.399 e. The molecule has 100 valence electrons. The Morgan fingerprint density at radius 3 is 3.06 bits per heavy atom. The number of pyridine rings is 1. The lowest BCUT2D eigenvalue weighted by Gasteiger charge is -2.09. The molecule has 0 bridgehead atoms. The third-order valence-corrected chi connectivity index (χ3v) is 2.41. The molecule has 0 aliphatic rings. The topological polar surface area (TPSA) is 49.8 Å². The summed E-state index contributed by atoms with van der Waals surface area (Å²) in [5.74, 6) is 0. The van der Waals surface area contributed by atoms with Gasteiger partial charge >= 0.3 is 0 Å². The van der Waals surface area contributed by atoms with Gasteiger partial charge in [-0.05, 0) is 51.3 Å². The number of rotatable bonds is 8. The maximum atomic E-state index is 4.65. The van der Waals surface area contributed by atoms with Crippen LogP contribution in [0.4, 0.5) is 0 Å². The molecule has 1 aromatic heterocycles. The number of oxime groups is 1. The molecule has 0 aromatic carbocycles. The van der Waals surface area contributed by atoms with E-state index in [2.05, 4.69) is 39.3 Å². The molecule has 0 saturated heterocycles. The minimum absolute atomic E-state index is 0.780. The lowest BCUT2D eigenvalue weighted by molar-refractivity contribution is 0.215. The number of nitrogens with zero attached hydrogens (tertiary/aromatic N) is 3. The summed E-state index contributed by atoms with van der Waals surface area (Å²) in [7, 11) is 5.70. The Morgan fingerprint density at radius 2 is 2.33 bits per heavy atom. The fourth-order valence-electron chi connectivity index (χ4n) is 1.52. The van der Waals surface area contributed by atoms with Crippen LogP contribution in [0.5, 0.6) is 0 Å². The molecule has 0 radical (unpaired) electrons. The second-order valence-electron chi connectivity index (χ2n) is 4.33. The highest BCUT2D eigenvalue weighted by atomic mass is 16.6. The molecule has 1 rings (SSSR count). The van der Waals surface area contributed by atoms with E-state index >= 15 is 0 Å². The summed E-state index contributed by atoms with van der Waals surface area (Å²) >= 11 is 0. The molecule has 0 aliphatic carbocycles. The van der Waals surface area contributed by atoms with Gasteiger partial charge in [-0.15, -0.1) is 0 Å². The first-order chi connectivity index (χ1) is 8.72. The van der Waals surface area contributed by atoms with E-state index in [-0.39, 0.29) is 0 Å². The molecule has 1 N–H and O–H groups in total. The van der Waals surface area contributed by atoms with Crippen molar-refractivity contribution in [3.63, 3.8) is 0 Å². The smallest absolute Gasteiger partial charge is 0.106 e. The largest absolute Gasteiger partial charge is 0.399 e. The van der Waals surface area contributed by atoms with Crippen LogP contribution in [0.25, 0.3) is 0 Å². The molecule has 0 atom stereocenters. The highest BCUT2D eigenvalue weighted by Crippen LogP contribution is 1.99. The summed E-state index contributed by atoms with van der Waals surface area (Å²) in [4.78, 5) is 11.1.